The first kappa shape index (κ1) is 10.9. The Kier molecular flexibility index (Phi) is 2.56. The van der Waals surface area contributed by atoms with Crippen molar-refractivity contribution in [3.63, 3.8) is 0 Å². The molecule has 1 aliphatic rings. The highest BCUT2D eigenvalue weighted by molar-refractivity contribution is 9.10. The number of halogens is 1. The zero-order valence-corrected chi connectivity index (χ0v) is 10.2. The van der Waals surface area contributed by atoms with E-state index in [0.29, 0.717) is 0 Å². The third-order valence-corrected chi connectivity index (χ3v) is 3.15. The second kappa shape index (κ2) is 3.76. The van der Waals surface area contributed by atoms with Crippen molar-refractivity contribution < 1.29 is 4.79 Å². The van der Waals surface area contributed by atoms with Crippen LogP contribution in [0.15, 0.2) is 34.8 Å². The Morgan fingerprint density at radius 2 is 2.06 bits per heavy atom. The highest BCUT2D eigenvalue weighted by atomic mass is 79.9. The molecule has 0 unspecified atom stereocenters. The lowest BCUT2D eigenvalue weighted by molar-refractivity contribution is -0.122. The summed E-state index contributed by atoms with van der Waals surface area (Å²) >= 11 is 3.34. The summed E-state index contributed by atoms with van der Waals surface area (Å²) in [5, 5.41) is 11.6. The van der Waals surface area contributed by atoms with E-state index in [2.05, 4.69) is 21.2 Å². The van der Waals surface area contributed by atoms with Crippen molar-refractivity contribution in [1.29, 1.82) is 5.26 Å². The van der Waals surface area contributed by atoms with E-state index in [0.717, 1.165) is 15.6 Å². The first-order valence-corrected chi connectivity index (χ1v) is 5.56. The van der Waals surface area contributed by atoms with Crippen molar-refractivity contribution in [3.8, 4) is 6.07 Å². The van der Waals surface area contributed by atoms with E-state index in [9.17, 15) is 4.79 Å². The van der Waals surface area contributed by atoms with Crippen LogP contribution in [0.1, 0.15) is 5.56 Å². The van der Waals surface area contributed by atoms with Crippen LogP contribution in [0.25, 0.3) is 5.57 Å². The topological polar surface area (TPSA) is 52.9 Å². The van der Waals surface area contributed by atoms with Gasteiger partial charge in [0.15, 0.2) is 5.41 Å². The van der Waals surface area contributed by atoms with Crippen molar-refractivity contribution in [1.82, 2.24) is 5.32 Å². The summed E-state index contributed by atoms with van der Waals surface area (Å²) in [7, 11) is 1.53. The zero-order chi connectivity index (χ0) is 11.8. The highest BCUT2D eigenvalue weighted by Crippen LogP contribution is 2.50. The van der Waals surface area contributed by atoms with Gasteiger partial charge in [-0.3, -0.25) is 4.79 Å². The van der Waals surface area contributed by atoms with E-state index >= 15 is 0 Å². The molecule has 0 aliphatic heterocycles. The number of nitrogens with zero attached hydrogens (tertiary/aromatic N) is 1. The fraction of sp³-hybridized carbons (Fsp3) is 0.167. The maximum atomic E-state index is 11.6. The van der Waals surface area contributed by atoms with Gasteiger partial charge in [-0.2, -0.15) is 5.26 Å². The predicted octanol–water partition coefficient (Wildman–Crippen LogP) is 2.10. The summed E-state index contributed by atoms with van der Waals surface area (Å²) in [6, 6.07) is 9.60. The monoisotopic (exact) mass is 276 g/mol. The third-order valence-electron chi connectivity index (χ3n) is 2.62. The molecule has 0 fully saturated rings. The number of carbonyl (C=O) groups excluding carboxylic acids is 1. The summed E-state index contributed by atoms with van der Waals surface area (Å²) in [5.41, 5.74) is 0.637. The lowest BCUT2D eigenvalue weighted by Gasteiger charge is -2.07. The number of rotatable bonds is 2. The maximum Gasteiger partial charge on any atom is 0.248 e. The Hall–Kier alpha value is -1.60. The molecular formula is C12H9BrN2O. The van der Waals surface area contributed by atoms with E-state index < -0.39 is 5.41 Å². The van der Waals surface area contributed by atoms with Crippen LogP contribution in [-0.2, 0) is 4.79 Å². The molecule has 3 nitrogen and oxygen atoms in total. The fourth-order valence-electron chi connectivity index (χ4n) is 1.65. The van der Waals surface area contributed by atoms with Crippen molar-refractivity contribution in [3.05, 3.63) is 40.4 Å². The predicted molar refractivity (Wildman–Crippen MR) is 64.2 cm³/mol. The smallest absolute Gasteiger partial charge is 0.248 e. The van der Waals surface area contributed by atoms with Crippen LogP contribution >= 0.6 is 15.9 Å². The average molecular weight is 277 g/mol. The van der Waals surface area contributed by atoms with Gasteiger partial charge >= 0.3 is 0 Å². The van der Waals surface area contributed by atoms with Gasteiger partial charge in [-0.1, -0.05) is 28.1 Å². The largest absolute Gasteiger partial charge is 0.357 e. The number of benzene rings is 1. The molecule has 1 atom stereocenters. The molecule has 0 aromatic heterocycles. The van der Waals surface area contributed by atoms with Gasteiger partial charge < -0.3 is 5.32 Å². The quantitative estimate of drug-likeness (QED) is 0.900. The molecule has 0 saturated carbocycles. The number of carbonyl (C=O) groups is 1. The lowest BCUT2D eigenvalue weighted by atomic mass is 9.97. The van der Waals surface area contributed by atoms with Gasteiger partial charge in [0.1, 0.15) is 0 Å². The van der Waals surface area contributed by atoms with E-state index in [1.54, 1.807) is 6.08 Å². The van der Waals surface area contributed by atoms with Crippen molar-refractivity contribution >= 4 is 27.4 Å². The van der Waals surface area contributed by atoms with Gasteiger partial charge in [0.2, 0.25) is 5.91 Å². The van der Waals surface area contributed by atoms with E-state index in [1.165, 1.54) is 7.05 Å². The molecule has 1 N–H and O–H groups in total. The SMILES string of the molecule is CNC(=O)[C@]1(C#N)C=C1c1ccc(Br)cc1. The second-order valence-corrected chi connectivity index (χ2v) is 4.48. The number of nitrogens with one attached hydrogen (secondary N) is 1. The maximum absolute atomic E-state index is 11.6. The minimum atomic E-state index is -1.05. The molecular weight excluding hydrogens is 268 g/mol. The van der Waals surface area contributed by atoms with Gasteiger partial charge in [0.05, 0.1) is 6.07 Å². The Morgan fingerprint density at radius 1 is 1.44 bits per heavy atom. The summed E-state index contributed by atoms with van der Waals surface area (Å²) in [6.45, 7) is 0. The number of hydrogen-bond donors (Lipinski definition) is 1. The van der Waals surface area contributed by atoms with E-state index in [4.69, 9.17) is 5.26 Å². The second-order valence-electron chi connectivity index (χ2n) is 3.56. The van der Waals surface area contributed by atoms with Crippen molar-refractivity contribution in [2.75, 3.05) is 7.05 Å². The molecule has 1 amide bonds. The molecule has 0 spiro atoms. The van der Waals surface area contributed by atoms with Crippen LogP contribution in [-0.4, -0.2) is 13.0 Å². The average Bonchev–Trinajstić information content (AvgIpc) is 3.05. The lowest BCUT2D eigenvalue weighted by Crippen LogP contribution is -2.29. The molecule has 2 rings (SSSR count). The highest BCUT2D eigenvalue weighted by Gasteiger charge is 2.51. The normalized spacial score (nSPS) is 21.9. The summed E-state index contributed by atoms with van der Waals surface area (Å²) in [5.74, 6) is -0.270. The van der Waals surface area contributed by atoms with Crippen LogP contribution in [0.5, 0.6) is 0 Å². The van der Waals surface area contributed by atoms with Crippen LogP contribution < -0.4 is 5.32 Å². The number of hydrogen-bond acceptors (Lipinski definition) is 2. The molecule has 1 aromatic rings. The van der Waals surface area contributed by atoms with Crippen LogP contribution in [0, 0.1) is 16.7 Å². The molecule has 0 saturated heterocycles. The summed E-state index contributed by atoms with van der Waals surface area (Å²) in [6.07, 6.45) is 1.69. The van der Waals surface area contributed by atoms with Crippen molar-refractivity contribution in [2.24, 2.45) is 5.41 Å². The zero-order valence-electron chi connectivity index (χ0n) is 8.62. The number of nitriles is 1. The van der Waals surface area contributed by atoms with Crippen LogP contribution in [0.2, 0.25) is 0 Å². The minimum absolute atomic E-state index is 0.270. The summed E-state index contributed by atoms with van der Waals surface area (Å²) < 4.78 is 0.972. The standard InChI is InChI=1S/C12H9BrN2O/c1-15-11(16)12(7-14)6-10(12)8-2-4-9(13)5-3-8/h2-6H,1H3,(H,15,16)/t12-/m0/s1. The van der Waals surface area contributed by atoms with Gasteiger partial charge in [-0.05, 0) is 29.3 Å². The molecule has 0 heterocycles. The molecule has 16 heavy (non-hydrogen) atoms. The molecule has 4 heteroatoms. The van der Waals surface area contributed by atoms with E-state index in [-0.39, 0.29) is 5.91 Å². The van der Waals surface area contributed by atoms with Gasteiger partial charge in [0.25, 0.3) is 0 Å². The molecule has 1 aliphatic carbocycles. The Bertz CT molecular complexity index is 513. The van der Waals surface area contributed by atoms with Crippen LogP contribution in [0.4, 0.5) is 0 Å². The Labute approximate surface area is 102 Å². The molecule has 0 radical (unpaired) electrons. The first-order valence-electron chi connectivity index (χ1n) is 4.77. The molecule has 0 bridgehead atoms. The van der Waals surface area contributed by atoms with E-state index in [1.807, 2.05) is 30.3 Å². The van der Waals surface area contributed by atoms with Gasteiger partial charge in [-0.25, -0.2) is 0 Å². The first-order chi connectivity index (χ1) is 7.64. The Morgan fingerprint density at radius 3 is 2.56 bits per heavy atom. The van der Waals surface area contributed by atoms with Crippen LogP contribution in [0.3, 0.4) is 0 Å². The van der Waals surface area contributed by atoms with Crippen molar-refractivity contribution in [2.45, 2.75) is 0 Å². The van der Waals surface area contributed by atoms with Gasteiger partial charge in [0, 0.05) is 11.5 Å². The number of amides is 1. The third kappa shape index (κ3) is 1.54. The minimum Gasteiger partial charge on any atom is -0.357 e. The fourth-order valence-corrected chi connectivity index (χ4v) is 1.91. The Balaban J connectivity index is 2.28. The summed E-state index contributed by atoms with van der Waals surface area (Å²) in [4.78, 5) is 11.6. The van der Waals surface area contributed by atoms with Gasteiger partial charge in [-0.15, -0.1) is 0 Å². The molecule has 1 aromatic carbocycles. The molecule has 80 valence electrons.